The number of hydrogen-bond acceptors (Lipinski definition) is 4. The maximum Gasteiger partial charge on any atom is 0.251 e. The number of rotatable bonds is 5. The highest BCUT2D eigenvalue weighted by molar-refractivity contribution is 7.93. The third kappa shape index (κ3) is 4.28. The summed E-state index contributed by atoms with van der Waals surface area (Å²) in [7, 11) is -3.23. The van der Waals surface area contributed by atoms with Crippen molar-refractivity contribution in [3.05, 3.63) is 77.1 Å². The molecule has 0 bridgehead atoms. The van der Waals surface area contributed by atoms with Gasteiger partial charge in [0, 0.05) is 35.4 Å². The molecule has 2 heterocycles. The number of halogens is 1. The Balaban J connectivity index is 1.38. The van der Waals surface area contributed by atoms with Crippen LogP contribution < -0.4 is 9.62 Å². The zero-order valence-corrected chi connectivity index (χ0v) is 17.0. The highest BCUT2D eigenvalue weighted by atomic mass is 35.5. The summed E-state index contributed by atoms with van der Waals surface area (Å²) in [6.45, 7) is 0.806. The lowest BCUT2D eigenvalue weighted by molar-refractivity contribution is 0.0951. The minimum absolute atomic E-state index is 0.166. The molecular weight excluding hydrogens is 412 g/mol. The highest BCUT2D eigenvalue weighted by Crippen LogP contribution is 2.24. The van der Waals surface area contributed by atoms with Gasteiger partial charge in [-0.15, -0.1) is 0 Å². The minimum atomic E-state index is -3.23. The highest BCUT2D eigenvalue weighted by Gasteiger charge is 2.28. The third-order valence-electron chi connectivity index (χ3n) is 4.70. The van der Waals surface area contributed by atoms with E-state index < -0.39 is 10.0 Å². The van der Waals surface area contributed by atoms with Gasteiger partial charge in [-0.05, 0) is 55.0 Å². The van der Waals surface area contributed by atoms with Crippen LogP contribution in [0, 0.1) is 0 Å². The van der Waals surface area contributed by atoms with Gasteiger partial charge in [0.25, 0.3) is 5.91 Å². The predicted molar refractivity (Wildman–Crippen MR) is 112 cm³/mol. The van der Waals surface area contributed by atoms with Crippen molar-refractivity contribution in [1.82, 2.24) is 15.1 Å². The molecule has 29 heavy (non-hydrogen) atoms. The molecule has 1 aromatic heterocycles. The second-order valence-electron chi connectivity index (χ2n) is 6.74. The summed E-state index contributed by atoms with van der Waals surface area (Å²) < 4.78 is 27.1. The molecular formula is C20H19ClN4O3S. The van der Waals surface area contributed by atoms with E-state index in [2.05, 4.69) is 10.4 Å². The van der Waals surface area contributed by atoms with Crippen LogP contribution in [0.25, 0.3) is 5.69 Å². The van der Waals surface area contributed by atoms with Gasteiger partial charge in [-0.2, -0.15) is 5.10 Å². The molecule has 0 unspecified atom stereocenters. The Bertz CT molecular complexity index is 1130. The number of hydrogen-bond donors (Lipinski definition) is 1. The SMILES string of the molecule is O=C(NCc1cnn(-c2ccc(Cl)cc2)c1)c1ccc(N2CCCS2(=O)=O)cc1. The van der Waals surface area contributed by atoms with Gasteiger partial charge >= 0.3 is 0 Å². The van der Waals surface area contributed by atoms with Crippen molar-refractivity contribution in [2.75, 3.05) is 16.6 Å². The molecule has 0 spiro atoms. The van der Waals surface area contributed by atoms with Crippen LogP contribution in [0.1, 0.15) is 22.3 Å². The zero-order valence-electron chi connectivity index (χ0n) is 15.5. The van der Waals surface area contributed by atoms with Gasteiger partial charge in [-0.25, -0.2) is 13.1 Å². The maximum atomic E-state index is 12.4. The van der Waals surface area contributed by atoms with E-state index in [1.54, 1.807) is 47.3 Å². The molecule has 4 rings (SSSR count). The van der Waals surface area contributed by atoms with Gasteiger partial charge in [0.15, 0.2) is 0 Å². The summed E-state index contributed by atoms with van der Waals surface area (Å²) in [6.07, 6.45) is 4.15. The van der Waals surface area contributed by atoms with Crippen molar-refractivity contribution >= 4 is 33.2 Å². The molecule has 150 valence electrons. The first-order valence-electron chi connectivity index (χ1n) is 9.10. The summed E-state index contributed by atoms with van der Waals surface area (Å²) in [6, 6.07) is 13.9. The van der Waals surface area contributed by atoms with Gasteiger partial charge in [-0.1, -0.05) is 11.6 Å². The molecule has 1 N–H and O–H groups in total. The Morgan fingerprint density at radius 3 is 2.41 bits per heavy atom. The fourth-order valence-electron chi connectivity index (χ4n) is 3.18. The maximum absolute atomic E-state index is 12.4. The van der Waals surface area contributed by atoms with E-state index in [-0.39, 0.29) is 11.7 Å². The molecule has 0 saturated carbocycles. The number of carbonyl (C=O) groups is 1. The van der Waals surface area contributed by atoms with Crippen molar-refractivity contribution in [1.29, 1.82) is 0 Å². The number of benzene rings is 2. The molecule has 0 radical (unpaired) electrons. The largest absolute Gasteiger partial charge is 0.348 e. The lowest BCUT2D eigenvalue weighted by Crippen LogP contribution is -2.25. The number of amides is 1. The van der Waals surface area contributed by atoms with Crippen molar-refractivity contribution in [2.45, 2.75) is 13.0 Å². The van der Waals surface area contributed by atoms with Crippen LogP contribution in [0.2, 0.25) is 5.02 Å². The molecule has 9 heteroatoms. The molecule has 1 aliphatic rings. The van der Waals surface area contributed by atoms with Crippen LogP contribution in [0.3, 0.4) is 0 Å². The van der Waals surface area contributed by atoms with Gasteiger partial charge < -0.3 is 5.32 Å². The van der Waals surface area contributed by atoms with E-state index in [0.29, 0.717) is 35.8 Å². The molecule has 0 aliphatic carbocycles. The average Bonchev–Trinajstić information content (AvgIpc) is 3.33. The Morgan fingerprint density at radius 1 is 1.07 bits per heavy atom. The van der Waals surface area contributed by atoms with E-state index in [0.717, 1.165) is 11.3 Å². The van der Waals surface area contributed by atoms with Crippen LogP contribution >= 0.6 is 11.6 Å². The molecule has 1 saturated heterocycles. The van der Waals surface area contributed by atoms with Crippen LogP contribution in [-0.4, -0.2) is 36.4 Å². The first-order valence-corrected chi connectivity index (χ1v) is 11.1. The molecule has 7 nitrogen and oxygen atoms in total. The van der Waals surface area contributed by atoms with Crippen LogP contribution in [-0.2, 0) is 16.6 Å². The van der Waals surface area contributed by atoms with Crippen LogP contribution in [0.15, 0.2) is 60.9 Å². The van der Waals surface area contributed by atoms with Crippen LogP contribution in [0.5, 0.6) is 0 Å². The number of sulfonamides is 1. The summed E-state index contributed by atoms with van der Waals surface area (Å²) in [4.78, 5) is 12.4. The van der Waals surface area contributed by atoms with E-state index in [1.807, 2.05) is 18.3 Å². The molecule has 0 atom stereocenters. The zero-order chi connectivity index (χ0) is 20.4. The van der Waals surface area contributed by atoms with E-state index in [9.17, 15) is 13.2 Å². The predicted octanol–water partition coefficient (Wildman–Crippen LogP) is 3.00. The van der Waals surface area contributed by atoms with Gasteiger partial charge in [0.2, 0.25) is 10.0 Å². The number of aromatic nitrogens is 2. The number of nitrogens with one attached hydrogen (secondary N) is 1. The van der Waals surface area contributed by atoms with Crippen molar-refractivity contribution in [3.63, 3.8) is 0 Å². The Morgan fingerprint density at radius 2 is 1.76 bits per heavy atom. The number of nitrogens with zero attached hydrogens (tertiary/aromatic N) is 3. The van der Waals surface area contributed by atoms with Crippen molar-refractivity contribution in [2.24, 2.45) is 0 Å². The third-order valence-corrected chi connectivity index (χ3v) is 6.82. The Labute approximate surface area is 174 Å². The number of carbonyl (C=O) groups excluding carboxylic acids is 1. The lowest BCUT2D eigenvalue weighted by Gasteiger charge is -2.17. The number of anilines is 1. The Kier molecular flexibility index (Phi) is 5.29. The molecule has 3 aromatic rings. The topological polar surface area (TPSA) is 84.3 Å². The summed E-state index contributed by atoms with van der Waals surface area (Å²) in [5.41, 5.74) is 2.78. The second kappa shape index (κ2) is 7.88. The molecule has 2 aromatic carbocycles. The quantitative estimate of drug-likeness (QED) is 0.674. The summed E-state index contributed by atoms with van der Waals surface area (Å²) in [5.74, 6) is -0.0704. The first-order chi connectivity index (χ1) is 13.9. The van der Waals surface area contributed by atoms with Crippen molar-refractivity contribution < 1.29 is 13.2 Å². The monoisotopic (exact) mass is 430 g/mol. The smallest absolute Gasteiger partial charge is 0.251 e. The molecule has 1 amide bonds. The van der Waals surface area contributed by atoms with E-state index in [4.69, 9.17) is 11.6 Å². The normalized spacial score (nSPS) is 15.4. The Hall–Kier alpha value is -2.84. The van der Waals surface area contributed by atoms with Crippen molar-refractivity contribution in [3.8, 4) is 5.69 Å². The summed E-state index contributed by atoms with van der Waals surface area (Å²) in [5, 5.41) is 7.80. The van der Waals surface area contributed by atoms with Crippen LogP contribution in [0.4, 0.5) is 5.69 Å². The fraction of sp³-hybridized carbons (Fsp3) is 0.200. The van der Waals surface area contributed by atoms with E-state index >= 15 is 0 Å². The molecule has 1 fully saturated rings. The van der Waals surface area contributed by atoms with E-state index in [1.165, 1.54) is 4.31 Å². The van der Waals surface area contributed by atoms with Gasteiger partial charge in [-0.3, -0.25) is 9.10 Å². The summed E-state index contributed by atoms with van der Waals surface area (Å²) >= 11 is 5.90. The lowest BCUT2D eigenvalue weighted by atomic mass is 10.2. The standard InChI is InChI=1S/C20H19ClN4O3S/c21-17-4-8-18(9-5-17)24-14-15(13-23-24)12-22-20(26)16-2-6-19(7-3-16)25-10-1-11-29(25,27)28/h2-9,13-14H,1,10-12H2,(H,22,26). The minimum Gasteiger partial charge on any atom is -0.348 e. The van der Waals surface area contributed by atoms with Gasteiger partial charge in [0.05, 0.1) is 23.3 Å². The first kappa shape index (κ1) is 19.5. The second-order valence-corrected chi connectivity index (χ2v) is 9.19. The molecule has 1 aliphatic heterocycles. The average molecular weight is 431 g/mol. The fourth-order valence-corrected chi connectivity index (χ4v) is 4.87. The van der Waals surface area contributed by atoms with Gasteiger partial charge in [0.1, 0.15) is 0 Å².